The Morgan fingerprint density at radius 2 is 2.33 bits per heavy atom. The molecular formula is C11H12N4O3. The van der Waals surface area contributed by atoms with E-state index in [4.69, 9.17) is 10.5 Å². The molecule has 1 aliphatic rings. The summed E-state index contributed by atoms with van der Waals surface area (Å²) < 4.78 is 6.54. The van der Waals surface area contributed by atoms with Crippen molar-refractivity contribution in [1.29, 1.82) is 0 Å². The maximum atomic E-state index is 10.5. The molecular weight excluding hydrogens is 236 g/mol. The van der Waals surface area contributed by atoms with E-state index in [0.717, 1.165) is 0 Å². The second kappa shape index (κ2) is 3.44. The van der Waals surface area contributed by atoms with Crippen LogP contribution in [0.2, 0.25) is 0 Å². The molecule has 18 heavy (non-hydrogen) atoms. The number of nitrogen functional groups attached to an aromatic ring is 1. The number of aromatic nitrogens is 3. The molecule has 3 heterocycles. The number of fused-ring (bicyclic) bond motifs is 1. The molecule has 7 heteroatoms. The van der Waals surface area contributed by atoms with Crippen molar-refractivity contribution in [2.75, 3.05) is 12.3 Å². The van der Waals surface area contributed by atoms with Crippen LogP contribution in [0.3, 0.4) is 0 Å². The van der Waals surface area contributed by atoms with Crippen LogP contribution in [0, 0.1) is 0 Å². The maximum absolute atomic E-state index is 10.5. The maximum Gasteiger partial charge on any atom is 0.173 e. The van der Waals surface area contributed by atoms with Gasteiger partial charge >= 0.3 is 0 Å². The van der Waals surface area contributed by atoms with E-state index >= 15 is 0 Å². The van der Waals surface area contributed by atoms with Gasteiger partial charge in [-0.25, -0.2) is 9.50 Å². The lowest BCUT2D eigenvalue weighted by atomic mass is 9.95. The first-order valence-corrected chi connectivity index (χ1v) is 5.35. The number of anilines is 1. The van der Waals surface area contributed by atoms with Crippen LogP contribution in [0.4, 0.5) is 5.82 Å². The molecule has 2 aromatic heterocycles. The van der Waals surface area contributed by atoms with Crippen molar-refractivity contribution in [3.05, 3.63) is 36.5 Å². The molecule has 0 aromatic carbocycles. The lowest BCUT2D eigenvalue weighted by Crippen LogP contribution is -2.39. The number of aliphatic hydroxyl groups excluding tert-OH is 1. The number of nitrogens with two attached hydrogens (primary N) is 1. The van der Waals surface area contributed by atoms with Crippen molar-refractivity contribution in [2.24, 2.45) is 0 Å². The van der Waals surface area contributed by atoms with Crippen LogP contribution in [-0.4, -0.2) is 37.5 Å². The minimum absolute atomic E-state index is 0.0803. The highest BCUT2D eigenvalue weighted by molar-refractivity contribution is 5.65. The van der Waals surface area contributed by atoms with Gasteiger partial charge in [0.1, 0.15) is 30.3 Å². The van der Waals surface area contributed by atoms with Crippen molar-refractivity contribution in [3.8, 4) is 0 Å². The summed E-state index contributed by atoms with van der Waals surface area (Å²) in [4.78, 5) is 3.86. The Balaban J connectivity index is 2.21. The molecule has 0 aliphatic carbocycles. The van der Waals surface area contributed by atoms with Crippen molar-refractivity contribution < 1.29 is 14.9 Å². The molecule has 1 saturated heterocycles. The van der Waals surface area contributed by atoms with Crippen LogP contribution in [0.5, 0.6) is 0 Å². The van der Waals surface area contributed by atoms with Gasteiger partial charge in [0.05, 0.1) is 5.69 Å². The summed E-state index contributed by atoms with van der Waals surface area (Å²) in [6.07, 6.45) is 0.0819. The quantitative estimate of drug-likeness (QED) is 0.622. The fraction of sp³-hybridized carbons (Fsp3) is 0.273. The molecule has 0 saturated carbocycles. The molecule has 2 atom stereocenters. The molecule has 0 spiro atoms. The molecule has 0 amide bonds. The topological polar surface area (TPSA) is 106 Å². The molecule has 7 nitrogen and oxygen atoms in total. The van der Waals surface area contributed by atoms with E-state index in [2.05, 4.69) is 16.7 Å². The van der Waals surface area contributed by atoms with E-state index in [1.54, 1.807) is 12.1 Å². The van der Waals surface area contributed by atoms with Crippen molar-refractivity contribution in [3.63, 3.8) is 0 Å². The van der Waals surface area contributed by atoms with Gasteiger partial charge in [-0.05, 0) is 12.1 Å². The summed E-state index contributed by atoms with van der Waals surface area (Å²) in [5.74, 6) is 0.432. The predicted molar refractivity (Wildman–Crippen MR) is 62.4 cm³/mol. The minimum atomic E-state index is -1.58. The smallest absolute Gasteiger partial charge is 0.173 e. The van der Waals surface area contributed by atoms with Gasteiger partial charge in [0.25, 0.3) is 0 Å². The van der Waals surface area contributed by atoms with Crippen LogP contribution < -0.4 is 5.73 Å². The number of ether oxygens (including phenoxy) is 1. The molecule has 3 rings (SSSR count). The molecule has 0 unspecified atom stereocenters. The molecule has 1 fully saturated rings. The van der Waals surface area contributed by atoms with Crippen molar-refractivity contribution in [2.45, 2.75) is 11.7 Å². The zero-order chi connectivity index (χ0) is 12.9. The third kappa shape index (κ3) is 1.25. The van der Waals surface area contributed by atoms with Gasteiger partial charge in [0.2, 0.25) is 0 Å². The van der Waals surface area contributed by atoms with Gasteiger partial charge in [-0.1, -0.05) is 6.58 Å². The van der Waals surface area contributed by atoms with Gasteiger partial charge in [-0.2, -0.15) is 5.10 Å². The van der Waals surface area contributed by atoms with Crippen molar-refractivity contribution in [1.82, 2.24) is 14.6 Å². The zero-order valence-electron chi connectivity index (χ0n) is 9.45. The largest absolute Gasteiger partial charge is 0.492 e. The van der Waals surface area contributed by atoms with E-state index < -0.39 is 11.7 Å². The number of rotatable bonds is 1. The number of aliphatic hydroxyl groups is 2. The van der Waals surface area contributed by atoms with E-state index in [9.17, 15) is 10.2 Å². The van der Waals surface area contributed by atoms with Crippen LogP contribution in [-0.2, 0) is 10.3 Å². The molecule has 2 aromatic rings. The summed E-state index contributed by atoms with van der Waals surface area (Å²) in [7, 11) is 0. The van der Waals surface area contributed by atoms with Crippen molar-refractivity contribution >= 4 is 11.3 Å². The van der Waals surface area contributed by atoms with Crippen LogP contribution >= 0.6 is 0 Å². The fourth-order valence-corrected chi connectivity index (χ4v) is 2.12. The van der Waals surface area contributed by atoms with Gasteiger partial charge in [0, 0.05) is 0 Å². The average molecular weight is 248 g/mol. The summed E-state index contributed by atoms with van der Waals surface area (Å²) in [6.45, 7) is 3.46. The summed E-state index contributed by atoms with van der Waals surface area (Å²) >= 11 is 0. The van der Waals surface area contributed by atoms with Gasteiger partial charge < -0.3 is 20.7 Å². The molecule has 1 aliphatic heterocycles. The van der Waals surface area contributed by atoms with Gasteiger partial charge in [0.15, 0.2) is 11.4 Å². The molecule has 0 bridgehead atoms. The lowest BCUT2D eigenvalue weighted by Gasteiger charge is -2.22. The van der Waals surface area contributed by atoms with E-state index in [1.165, 1.54) is 10.8 Å². The highest BCUT2D eigenvalue weighted by Gasteiger charge is 2.48. The SMILES string of the molecule is C=C1OC[C@](O)(c2ccc3c(N)ncnn23)[C@@H]1O. The van der Waals surface area contributed by atoms with E-state index in [1.807, 2.05) is 0 Å². The van der Waals surface area contributed by atoms with Gasteiger partial charge in [-0.15, -0.1) is 0 Å². The molecule has 0 radical (unpaired) electrons. The third-order valence-corrected chi connectivity index (χ3v) is 3.16. The Kier molecular flexibility index (Phi) is 2.10. The lowest BCUT2D eigenvalue weighted by molar-refractivity contribution is -0.0494. The Bertz CT molecular complexity index is 638. The highest BCUT2D eigenvalue weighted by atomic mass is 16.5. The standard InChI is InChI=1S/C11H12N4O3/c1-6-9(16)11(17,4-18-6)8-3-2-7-10(12)13-5-14-15(7)8/h2-3,5,9,16-17H,1,4H2,(H2,12,13,14)/t9-,11+/m1/s1. The number of hydrogen-bond donors (Lipinski definition) is 3. The average Bonchev–Trinajstić information content (AvgIpc) is 2.89. The summed E-state index contributed by atoms with van der Waals surface area (Å²) in [5, 5.41) is 24.5. The number of hydrogen-bond acceptors (Lipinski definition) is 6. The Hall–Kier alpha value is -2.12. The minimum Gasteiger partial charge on any atom is -0.492 e. The van der Waals surface area contributed by atoms with Crippen LogP contribution in [0.1, 0.15) is 5.69 Å². The first-order valence-electron chi connectivity index (χ1n) is 5.35. The predicted octanol–water partition coefficient (Wildman–Crippen LogP) is -0.596. The van der Waals surface area contributed by atoms with E-state index in [0.29, 0.717) is 17.0 Å². The Labute approximate surface area is 102 Å². The fourth-order valence-electron chi connectivity index (χ4n) is 2.12. The highest BCUT2D eigenvalue weighted by Crippen LogP contribution is 2.36. The van der Waals surface area contributed by atoms with Gasteiger partial charge in [-0.3, -0.25) is 0 Å². The molecule has 4 N–H and O–H groups in total. The van der Waals surface area contributed by atoms with Crippen LogP contribution in [0.25, 0.3) is 5.52 Å². The van der Waals surface area contributed by atoms with Crippen LogP contribution in [0.15, 0.2) is 30.8 Å². The molecule has 94 valence electrons. The monoisotopic (exact) mass is 248 g/mol. The zero-order valence-corrected chi connectivity index (χ0v) is 9.45. The first kappa shape index (κ1) is 11.0. The second-order valence-corrected chi connectivity index (χ2v) is 4.24. The second-order valence-electron chi connectivity index (χ2n) is 4.24. The summed E-state index contributed by atoms with van der Waals surface area (Å²) in [5.41, 5.74) is 5.08. The Morgan fingerprint density at radius 1 is 1.56 bits per heavy atom. The Morgan fingerprint density at radius 3 is 3.00 bits per heavy atom. The normalized spacial score (nSPS) is 27.7. The third-order valence-electron chi connectivity index (χ3n) is 3.16. The number of nitrogens with zero attached hydrogens (tertiary/aromatic N) is 3. The summed E-state index contributed by atoms with van der Waals surface area (Å²) in [6, 6.07) is 3.31. The first-order chi connectivity index (χ1) is 8.54. The van der Waals surface area contributed by atoms with E-state index in [-0.39, 0.29) is 12.4 Å².